The first kappa shape index (κ1) is 27.8. The minimum absolute atomic E-state index is 0.128. The molecule has 0 bridgehead atoms. The molecule has 9 N–H and O–H groups in total. The van der Waals surface area contributed by atoms with Gasteiger partial charge >= 0.3 is 23.5 Å². The van der Waals surface area contributed by atoms with Gasteiger partial charge in [-0.1, -0.05) is 6.08 Å². The van der Waals surface area contributed by atoms with Crippen LogP contribution in [0.1, 0.15) is 12.6 Å². The fourth-order valence-corrected chi connectivity index (χ4v) is 6.43. The SMILES string of the molecule is C=CCC(OP(=O)(O)OP(=O)(O)OP(=O)(O)O)[C@H]1O[C@@H](n2cnc3c(=O)[nH]c(N)nc32)[C@H](O)[C@@H]1O. The van der Waals surface area contributed by atoms with Crippen LogP contribution in [-0.4, -0.2) is 73.7 Å². The summed E-state index contributed by atoms with van der Waals surface area (Å²) < 4.78 is 53.3. The Morgan fingerprint density at radius 2 is 1.86 bits per heavy atom. The molecule has 7 atom stereocenters. The summed E-state index contributed by atoms with van der Waals surface area (Å²) in [5.41, 5.74) is 4.51. The van der Waals surface area contributed by atoms with Gasteiger partial charge in [-0.25, -0.2) is 18.7 Å². The minimum atomic E-state index is -5.80. The Labute approximate surface area is 194 Å². The van der Waals surface area contributed by atoms with Gasteiger partial charge in [0.25, 0.3) is 5.56 Å². The number of H-pyrrole nitrogens is 1. The summed E-state index contributed by atoms with van der Waals surface area (Å²) in [6.07, 6.45) is -6.48. The van der Waals surface area contributed by atoms with E-state index in [4.69, 9.17) is 24.8 Å². The van der Waals surface area contributed by atoms with Gasteiger partial charge in [0.1, 0.15) is 24.4 Å². The van der Waals surface area contributed by atoms with Crippen molar-refractivity contribution in [3.05, 3.63) is 29.3 Å². The molecule has 0 saturated carbocycles. The van der Waals surface area contributed by atoms with Crippen molar-refractivity contribution in [1.29, 1.82) is 0 Å². The van der Waals surface area contributed by atoms with Crippen molar-refractivity contribution in [2.45, 2.75) is 37.1 Å². The molecule has 1 fully saturated rings. The fraction of sp³-hybridized carbons (Fsp3) is 0.462. The number of phosphoric ester groups is 1. The third-order valence-electron chi connectivity index (χ3n) is 4.45. The highest BCUT2D eigenvalue weighted by Gasteiger charge is 2.50. The summed E-state index contributed by atoms with van der Waals surface area (Å²) >= 11 is 0. The average Bonchev–Trinajstić information content (AvgIpc) is 3.20. The number of aromatic amines is 1. The van der Waals surface area contributed by atoms with Crippen molar-refractivity contribution in [1.82, 2.24) is 19.5 Å². The number of fused-ring (bicyclic) bond motifs is 1. The molecule has 19 nitrogen and oxygen atoms in total. The zero-order valence-corrected chi connectivity index (χ0v) is 19.8. The van der Waals surface area contributed by atoms with E-state index in [2.05, 4.69) is 30.2 Å². The molecule has 35 heavy (non-hydrogen) atoms. The van der Waals surface area contributed by atoms with E-state index in [1.54, 1.807) is 0 Å². The first-order valence-electron chi connectivity index (χ1n) is 9.20. The Morgan fingerprint density at radius 1 is 1.20 bits per heavy atom. The van der Waals surface area contributed by atoms with Gasteiger partial charge in [-0.05, 0) is 6.42 Å². The highest BCUT2D eigenvalue weighted by Crippen LogP contribution is 2.66. The Kier molecular flexibility index (Phi) is 7.86. The lowest BCUT2D eigenvalue weighted by Crippen LogP contribution is -2.39. The Morgan fingerprint density at radius 3 is 2.46 bits per heavy atom. The van der Waals surface area contributed by atoms with Crippen LogP contribution in [-0.2, 0) is 31.6 Å². The number of hydrogen-bond acceptors (Lipinski definition) is 13. The molecule has 1 aliphatic rings. The zero-order valence-electron chi connectivity index (χ0n) is 17.2. The summed E-state index contributed by atoms with van der Waals surface area (Å²) in [6, 6.07) is 0. The monoisotopic (exact) mass is 563 g/mol. The number of nitrogens with one attached hydrogen (secondary N) is 1. The number of aliphatic hydroxyl groups excluding tert-OH is 2. The molecule has 3 heterocycles. The van der Waals surface area contributed by atoms with Crippen LogP contribution < -0.4 is 11.3 Å². The lowest BCUT2D eigenvalue weighted by atomic mass is 10.0. The molecule has 22 heteroatoms. The van der Waals surface area contributed by atoms with Crippen LogP contribution in [0.25, 0.3) is 11.2 Å². The van der Waals surface area contributed by atoms with E-state index in [-0.39, 0.29) is 23.5 Å². The molecule has 2 aromatic heterocycles. The van der Waals surface area contributed by atoms with E-state index in [1.165, 1.54) is 0 Å². The Hall–Kier alpha value is -1.82. The Bertz CT molecular complexity index is 1310. The van der Waals surface area contributed by atoms with Crippen molar-refractivity contribution in [2.24, 2.45) is 0 Å². The van der Waals surface area contributed by atoms with Gasteiger partial charge in [0.2, 0.25) is 5.95 Å². The molecule has 0 aromatic carbocycles. The van der Waals surface area contributed by atoms with Crippen LogP contribution in [0, 0.1) is 0 Å². The second kappa shape index (κ2) is 9.91. The molecule has 3 unspecified atom stereocenters. The van der Waals surface area contributed by atoms with Crippen LogP contribution in [0.4, 0.5) is 5.95 Å². The van der Waals surface area contributed by atoms with Crippen LogP contribution in [0.15, 0.2) is 23.8 Å². The topological polar surface area (TPSA) is 299 Å². The van der Waals surface area contributed by atoms with Gasteiger partial charge in [-0.2, -0.15) is 13.6 Å². The van der Waals surface area contributed by atoms with E-state index >= 15 is 0 Å². The fourth-order valence-electron chi connectivity index (χ4n) is 3.22. The molecule has 196 valence electrons. The maximum absolute atomic E-state index is 12.2. The van der Waals surface area contributed by atoms with Crippen molar-refractivity contribution in [3.63, 3.8) is 0 Å². The maximum atomic E-state index is 12.2. The van der Waals surface area contributed by atoms with Crippen molar-refractivity contribution in [3.8, 4) is 0 Å². The summed E-state index contributed by atoms with van der Waals surface area (Å²) in [5.74, 6) is -0.286. The standard InChI is InChI=1S/C13H20N5O14P3/c1-2-3-5(30-34(25,26)32-35(27,28)31-33(22,23)24)9-7(19)8(20)12(29-9)18-4-15-6-10(18)16-13(14)17-11(6)21/h2,4-5,7-9,12,19-20H,1,3H2,(H,25,26)(H,27,28)(H2,22,23,24)(H3,14,16,17,21)/t5?,7-,8+,9+,12+/m0/s1. The molecule has 0 aliphatic carbocycles. The number of nitrogens with zero attached hydrogens (tertiary/aromatic N) is 3. The van der Waals surface area contributed by atoms with Crippen molar-refractivity contribution >= 4 is 40.6 Å². The van der Waals surface area contributed by atoms with Gasteiger partial charge < -0.3 is 40.3 Å². The zero-order chi connectivity index (χ0) is 26.3. The predicted molar refractivity (Wildman–Crippen MR) is 112 cm³/mol. The van der Waals surface area contributed by atoms with Gasteiger partial charge in [0, 0.05) is 0 Å². The molecular weight excluding hydrogens is 543 g/mol. The number of phosphoric acid groups is 3. The van der Waals surface area contributed by atoms with Crippen LogP contribution in [0.3, 0.4) is 0 Å². The number of hydrogen-bond donors (Lipinski definition) is 8. The summed E-state index contributed by atoms with van der Waals surface area (Å²) in [7, 11) is -17.0. The first-order chi connectivity index (χ1) is 16.0. The number of anilines is 1. The number of aromatic nitrogens is 4. The molecular formula is C13H20N5O14P3. The second-order valence-corrected chi connectivity index (χ2v) is 11.4. The average molecular weight is 563 g/mol. The van der Waals surface area contributed by atoms with Gasteiger partial charge in [-0.3, -0.25) is 18.9 Å². The molecule has 0 spiro atoms. The van der Waals surface area contributed by atoms with E-state index in [0.29, 0.717) is 0 Å². The lowest BCUT2D eigenvalue weighted by Gasteiger charge is -2.26. The molecule has 1 saturated heterocycles. The number of imidazole rings is 1. The number of aliphatic hydroxyl groups is 2. The van der Waals surface area contributed by atoms with Crippen molar-refractivity contribution < 1.29 is 61.4 Å². The summed E-state index contributed by atoms with van der Waals surface area (Å²) in [6.45, 7) is 3.40. The second-order valence-electron chi connectivity index (χ2n) is 7.01. The molecule has 3 rings (SSSR count). The Balaban J connectivity index is 1.86. The van der Waals surface area contributed by atoms with E-state index in [9.17, 15) is 38.5 Å². The quantitative estimate of drug-likeness (QED) is 0.122. The van der Waals surface area contributed by atoms with Crippen LogP contribution in [0.2, 0.25) is 0 Å². The predicted octanol–water partition coefficient (Wildman–Crippen LogP) is -1.39. The highest BCUT2D eigenvalue weighted by atomic mass is 31.3. The minimum Gasteiger partial charge on any atom is -0.387 e. The van der Waals surface area contributed by atoms with Gasteiger partial charge in [-0.15, -0.1) is 6.58 Å². The summed E-state index contributed by atoms with van der Waals surface area (Å²) in [5, 5.41) is 21.0. The first-order valence-corrected chi connectivity index (χ1v) is 13.7. The number of nitrogen functional groups attached to an aromatic ring is 1. The largest absolute Gasteiger partial charge is 0.490 e. The van der Waals surface area contributed by atoms with E-state index < -0.39 is 59.7 Å². The molecule has 0 radical (unpaired) electrons. The van der Waals surface area contributed by atoms with Crippen LogP contribution in [0.5, 0.6) is 0 Å². The van der Waals surface area contributed by atoms with E-state index in [0.717, 1.165) is 17.0 Å². The number of nitrogens with two attached hydrogens (primary N) is 1. The number of ether oxygens (including phenoxy) is 1. The number of rotatable bonds is 10. The third-order valence-corrected chi connectivity index (χ3v) is 8.31. The van der Waals surface area contributed by atoms with Crippen molar-refractivity contribution in [2.75, 3.05) is 5.73 Å². The normalized spacial score (nSPS) is 27.4. The lowest BCUT2D eigenvalue weighted by molar-refractivity contribution is -0.0797. The molecule has 0 amide bonds. The van der Waals surface area contributed by atoms with Gasteiger partial charge in [0.15, 0.2) is 17.4 Å². The summed E-state index contributed by atoms with van der Waals surface area (Å²) in [4.78, 5) is 58.3. The molecule has 2 aromatic rings. The molecule has 1 aliphatic heterocycles. The van der Waals surface area contributed by atoms with Gasteiger partial charge in [0.05, 0.1) is 6.33 Å². The third kappa shape index (κ3) is 6.49. The maximum Gasteiger partial charge on any atom is 0.490 e. The van der Waals surface area contributed by atoms with E-state index in [1.807, 2.05) is 0 Å². The smallest absolute Gasteiger partial charge is 0.387 e. The van der Waals surface area contributed by atoms with Crippen LogP contribution >= 0.6 is 23.5 Å². The highest BCUT2D eigenvalue weighted by molar-refractivity contribution is 7.66.